The van der Waals surface area contributed by atoms with Crippen molar-refractivity contribution >= 4 is 33.7 Å². The molecule has 6 aromatic carbocycles. The number of hydrogen-bond acceptors (Lipinski definition) is 0. The molecule has 0 saturated carbocycles. The van der Waals surface area contributed by atoms with Gasteiger partial charge in [0.2, 0.25) is 0 Å². The molecular formula is C39H26. The maximum atomic E-state index is 2.42. The van der Waals surface area contributed by atoms with Crippen LogP contribution in [0.15, 0.2) is 121 Å². The Balaban J connectivity index is 1.53. The number of fused-ring (bicyclic) bond motifs is 3. The van der Waals surface area contributed by atoms with Gasteiger partial charge in [-0.3, -0.25) is 0 Å². The Labute approximate surface area is 228 Å². The molecule has 6 aromatic rings. The van der Waals surface area contributed by atoms with E-state index in [2.05, 4.69) is 133 Å². The fourth-order valence-electron chi connectivity index (χ4n) is 7.88. The molecule has 0 saturated heterocycles. The number of rotatable bonds is 2. The molecule has 0 aliphatic heterocycles. The van der Waals surface area contributed by atoms with Crippen molar-refractivity contribution in [3.05, 3.63) is 166 Å². The van der Waals surface area contributed by atoms with Crippen molar-refractivity contribution in [3.8, 4) is 11.1 Å². The summed E-state index contributed by atoms with van der Waals surface area (Å²) < 4.78 is 0. The minimum atomic E-state index is -0.427. The number of hydrogen-bond donors (Lipinski definition) is 0. The van der Waals surface area contributed by atoms with Gasteiger partial charge < -0.3 is 0 Å². The van der Waals surface area contributed by atoms with E-state index in [0.717, 1.165) is 12.8 Å². The van der Waals surface area contributed by atoms with E-state index in [-0.39, 0.29) is 0 Å². The van der Waals surface area contributed by atoms with Crippen LogP contribution < -0.4 is 0 Å². The molecule has 39 heavy (non-hydrogen) atoms. The highest BCUT2D eigenvalue weighted by atomic mass is 14.5. The highest BCUT2D eigenvalue weighted by Gasteiger charge is 2.48. The predicted octanol–water partition coefficient (Wildman–Crippen LogP) is 9.49. The normalized spacial score (nSPS) is 15.5. The van der Waals surface area contributed by atoms with E-state index in [1.54, 1.807) is 0 Å². The first kappa shape index (κ1) is 21.3. The van der Waals surface area contributed by atoms with E-state index in [9.17, 15) is 0 Å². The van der Waals surface area contributed by atoms with Crippen LogP contribution in [-0.2, 0) is 18.3 Å². The van der Waals surface area contributed by atoms with Crippen LogP contribution in [-0.4, -0.2) is 0 Å². The van der Waals surface area contributed by atoms with E-state index in [1.165, 1.54) is 77.2 Å². The monoisotopic (exact) mass is 494 g/mol. The average Bonchev–Trinajstić information content (AvgIpc) is 3.29. The fraction of sp³-hybridized carbons (Fsp3) is 0.0769. The van der Waals surface area contributed by atoms with E-state index in [0.29, 0.717) is 0 Å². The zero-order valence-corrected chi connectivity index (χ0v) is 21.6. The zero-order chi connectivity index (χ0) is 25.6. The molecule has 0 atom stereocenters. The zero-order valence-electron chi connectivity index (χ0n) is 21.6. The second-order valence-electron chi connectivity index (χ2n) is 11.1. The van der Waals surface area contributed by atoms with E-state index < -0.39 is 5.41 Å². The molecule has 9 rings (SSSR count). The maximum absolute atomic E-state index is 2.42. The summed E-state index contributed by atoms with van der Waals surface area (Å²) in [6.07, 6.45) is 11.5. The van der Waals surface area contributed by atoms with Crippen LogP contribution in [0.2, 0.25) is 0 Å². The van der Waals surface area contributed by atoms with Gasteiger partial charge in [-0.1, -0.05) is 133 Å². The van der Waals surface area contributed by atoms with Crippen molar-refractivity contribution in [2.75, 3.05) is 0 Å². The number of benzene rings is 6. The molecule has 0 radical (unpaired) electrons. The van der Waals surface area contributed by atoms with Crippen LogP contribution in [0, 0.1) is 0 Å². The first-order valence-electron chi connectivity index (χ1n) is 14.0. The van der Waals surface area contributed by atoms with Crippen LogP contribution >= 0.6 is 0 Å². The topological polar surface area (TPSA) is 0 Å². The molecule has 0 amide bonds. The predicted molar refractivity (Wildman–Crippen MR) is 164 cm³/mol. The molecule has 3 aliphatic rings. The lowest BCUT2D eigenvalue weighted by Crippen LogP contribution is -2.31. The molecule has 3 aliphatic carbocycles. The Morgan fingerprint density at radius 2 is 0.897 bits per heavy atom. The smallest absolute Gasteiger partial charge is 0.0725 e. The largest absolute Gasteiger partial charge is 0.0795 e. The van der Waals surface area contributed by atoms with Gasteiger partial charge in [0.15, 0.2) is 0 Å². The molecule has 0 nitrogen and oxygen atoms in total. The fourth-order valence-corrected chi connectivity index (χ4v) is 7.88. The molecule has 0 fully saturated rings. The van der Waals surface area contributed by atoms with Gasteiger partial charge in [0.1, 0.15) is 0 Å². The number of allylic oxidation sites excluding steroid dienone is 2. The maximum Gasteiger partial charge on any atom is 0.0725 e. The molecule has 0 N–H and O–H groups in total. The lowest BCUT2D eigenvalue weighted by molar-refractivity contribution is 0.766. The highest BCUT2D eigenvalue weighted by Crippen LogP contribution is 2.59. The minimum Gasteiger partial charge on any atom is -0.0795 e. The summed E-state index contributed by atoms with van der Waals surface area (Å²) in [4.78, 5) is 0. The summed E-state index contributed by atoms with van der Waals surface area (Å²) in [7, 11) is 0. The molecule has 0 unspecified atom stereocenters. The van der Waals surface area contributed by atoms with Gasteiger partial charge in [0.25, 0.3) is 0 Å². The highest BCUT2D eigenvalue weighted by molar-refractivity contribution is 6.02. The lowest BCUT2D eigenvalue weighted by atomic mass is 9.63. The summed E-state index contributed by atoms with van der Waals surface area (Å²) >= 11 is 0. The lowest BCUT2D eigenvalue weighted by Gasteiger charge is -2.38. The van der Waals surface area contributed by atoms with Crippen molar-refractivity contribution in [2.45, 2.75) is 18.3 Å². The third-order valence-corrected chi connectivity index (χ3v) is 9.35. The summed E-state index contributed by atoms with van der Waals surface area (Å²) in [6, 6.07) is 41.3. The van der Waals surface area contributed by atoms with Gasteiger partial charge in [-0.15, -0.1) is 0 Å². The Morgan fingerprint density at radius 1 is 0.410 bits per heavy atom. The third-order valence-electron chi connectivity index (χ3n) is 9.35. The first-order chi connectivity index (χ1) is 19.4. The van der Waals surface area contributed by atoms with Gasteiger partial charge in [0.05, 0.1) is 5.41 Å². The van der Waals surface area contributed by atoms with E-state index in [1.807, 2.05) is 0 Å². The molecule has 182 valence electrons. The van der Waals surface area contributed by atoms with Gasteiger partial charge in [-0.25, -0.2) is 0 Å². The van der Waals surface area contributed by atoms with Crippen molar-refractivity contribution < 1.29 is 0 Å². The first-order valence-corrected chi connectivity index (χ1v) is 14.0. The molecule has 0 aromatic heterocycles. The van der Waals surface area contributed by atoms with Crippen molar-refractivity contribution in [1.82, 2.24) is 0 Å². The second kappa shape index (κ2) is 7.68. The Morgan fingerprint density at radius 3 is 1.41 bits per heavy atom. The van der Waals surface area contributed by atoms with Crippen molar-refractivity contribution in [3.63, 3.8) is 0 Å². The van der Waals surface area contributed by atoms with Crippen LogP contribution in [0.1, 0.15) is 44.5 Å². The van der Waals surface area contributed by atoms with Gasteiger partial charge in [0, 0.05) is 0 Å². The third kappa shape index (κ3) is 2.64. The van der Waals surface area contributed by atoms with Crippen molar-refractivity contribution in [1.29, 1.82) is 0 Å². The summed E-state index contributed by atoms with van der Waals surface area (Å²) in [5.74, 6) is 0. The summed E-state index contributed by atoms with van der Waals surface area (Å²) in [6.45, 7) is 0. The van der Waals surface area contributed by atoms with Crippen LogP contribution in [0.5, 0.6) is 0 Å². The van der Waals surface area contributed by atoms with Gasteiger partial charge >= 0.3 is 0 Å². The molecule has 0 bridgehead atoms. The molecule has 0 spiro atoms. The van der Waals surface area contributed by atoms with Gasteiger partial charge in [-0.05, 0) is 90.0 Å². The summed E-state index contributed by atoms with van der Waals surface area (Å²) in [5, 5.41) is 5.47. The van der Waals surface area contributed by atoms with E-state index >= 15 is 0 Å². The standard InChI is InChI=1S/C39H26/c1-3-19-33-29(15-1)30-16-2-4-20-34(30)39(33,35-23-21-27-11-5-9-25-13-7-17-31(35)37(25)27)36-24-22-28-12-6-10-26-14-8-18-32(36)38(26)28/h1-12,15-24H,13-14H2. The van der Waals surface area contributed by atoms with Crippen molar-refractivity contribution in [2.24, 2.45) is 0 Å². The SMILES string of the molecule is C1=Cc2c(C3(c4ccc5cccc6c5c4C=CC6)c4ccccc4-c4ccccc43)ccc3cccc(c23)C1. The van der Waals surface area contributed by atoms with Gasteiger partial charge in [-0.2, -0.15) is 0 Å². The van der Waals surface area contributed by atoms with Crippen LogP contribution in [0.3, 0.4) is 0 Å². The van der Waals surface area contributed by atoms with Crippen LogP contribution in [0.4, 0.5) is 0 Å². The quantitative estimate of drug-likeness (QED) is 0.224. The average molecular weight is 495 g/mol. The Kier molecular flexibility index (Phi) is 4.19. The molecule has 0 heteroatoms. The minimum absolute atomic E-state index is 0.427. The molecule has 0 heterocycles. The van der Waals surface area contributed by atoms with E-state index in [4.69, 9.17) is 0 Å². The summed E-state index contributed by atoms with van der Waals surface area (Å²) in [5.41, 5.74) is 13.3. The second-order valence-corrected chi connectivity index (χ2v) is 11.1. The molecular weight excluding hydrogens is 468 g/mol. The van der Waals surface area contributed by atoms with Crippen LogP contribution in [0.25, 0.3) is 44.8 Å². The Hall–Kier alpha value is -4.68. The Bertz CT molecular complexity index is 1920.